The monoisotopic (exact) mass is 1100 g/mol. The predicted molar refractivity (Wildman–Crippen MR) is 323 cm³/mol. The Kier molecular flexibility index (Phi) is 27.3. The molecule has 438 valence electrons. The molecule has 3 aromatic rings. The molecule has 3 aromatic carbocycles. The summed E-state index contributed by atoms with van der Waals surface area (Å²) in [5, 5.41) is 18.7. The van der Waals surface area contributed by atoms with E-state index in [-0.39, 0.29) is 87.9 Å². The quantitative estimate of drug-likeness (QED) is 0.0567. The minimum absolute atomic E-state index is 0.0524. The van der Waals surface area contributed by atoms with Crippen LogP contribution in [0.5, 0.6) is 11.5 Å². The highest BCUT2D eigenvalue weighted by molar-refractivity contribution is 5.93. The Labute approximate surface area is 478 Å². The van der Waals surface area contributed by atoms with E-state index in [1.54, 1.807) is 31.4 Å². The molecule has 0 atom stereocenters. The molecule has 0 aromatic heterocycles. The molecular weight excluding hydrogens is 1000 g/mol. The van der Waals surface area contributed by atoms with Crippen molar-refractivity contribution in [1.29, 1.82) is 0 Å². The molecule has 6 amide bonds. The summed E-state index contributed by atoms with van der Waals surface area (Å²) in [6, 6.07) is 26.2. The van der Waals surface area contributed by atoms with Gasteiger partial charge in [0.05, 0.1) is 13.7 Å². The lowest BCUT2D eigenvalue weighted by Crippen LogP contribution is -2.46. The molecule has 0 saturated heterocycles. The zero-order valence-electron chi connectivity index (χ0n) is 50.0. The molecule has 0 heterocycles. The lowest BCUT2D eigenvalue weighted by molar-refractivity contribution is -0.131. The van der Waals surface area contributed by atoms with Gasteiger partial charge in [-0.15, -0.1) is 0 Å². The smallest absolute Gasteiger partial charge is 0.244 e. The third kappa shape index (κ3) is 23.6. The summed E-state index contributed by atoms with van der Waals surface area (Å²) < 4.78 is 10.5. The Bertz CT molecular complexity index is 2480. The lowest BCUT2D eigenvalue weighted by atomic mass is 9.86. The van der Waals surface area contributed by atoms with Gasteiger partial charge < -0.3 is 41.4 Å². The van der Waals surface area contributed by atoms with Crippen LogP contribution in [-0.2, 0) is 28.8 Å². The molecule has 6 rings (SSSR count). The number of carbonyl (C=O) groups excluding carboxylic acids is 6. The van der Waals surface area contributed by atoms with Gasteiger partial charge in [0, 0.05) is 70.7 Å². The SMILES string of the molecule is CCC(C)(C)C(=O)NC1CCC(NC(=O)/C=C/c2ccc(OC)cc2)CC1.CCC(C)(C)C(=O)NC1CCC(NC(=O)/C=C/c2ccccc2)CC1.CCOc1ccc(/C=C/C(=O)NC2CCC(NC(=O)C(C)(C)CC)CC2)cc1. The van der Waals surface area contributed by atoms with Crippen molar-refractivity contribution in [3.8, 4) is 11.5 Å². The second kappa shape index (κ2) is 33.1. The van der Waals surface area contributed by atoms with Crippen LogP contribution in [0.4, 0.5) is 0 Å². The number of hydrogen-bond donors (Lipinski definition) is 6. The van der Waals surface area contributed by atoms with Crippen molar-refractivity contribution >= 4 is 53.7 Å². The van der Waals surface area contributed by atoms with Crippen molar-refractivity contribution in [2.45, 2.75) is 202 Å². The van der Waals surface area contributed by atoms with Crippen LogP contribution in [0.15, 0.2) is 97.1 Å². The summed E-state index contributed by atoms with van der Waals surface area (Å²) in [6.07, 6.45) is 23.5. The summed E-state index contributed by atoms with van der Waals surface area (Å²) in [5.41, 5.74) is 1.98. The number of methoxy groups -OCH3 is 1. The third-order valence-corrected chi connectivity index (χ3v) is 16.1. The van der Waals surface area contributed by atoms with Crippen LogP contribution in [0, 0.1) is 16.2 Å². The van der Waals surface area contributed by atoms with Crippen molar-refractivity contribution < 1.29 is 38.2 Å². The Morgan fingerprint density at radius 2 is 0.662 bits per heavy atom. The average Bonchev–Trinajstić information content (AvgIpc) is 3.47. The number of ether oxygens (including phenoxy) is 2. The molecule has 0 aliphatic heterocycles. The average molecular weight is 1100 g/mol. The van der Waals surface area contributed by atoms with Crippen LogP contribution in [0.2, 0.25) is 0 Å². The van der Waals surface area contributed by atoms with Crippen molar-refractivity contribution in [1.82, 2.24) is 31.9 Å². The Morgan fingerprint density at radius 3 is 0.925 bits per heavy atom. The first-order valence-electron chi connectivity index (χ1n) is 29.4. The molecule has 0 unspecified atom stereocenters. The second-order valence-electron chi connectivity index (χ2n) is 23.5. The van der Waals surface area contributed by atoms with E-state index in [9.17, 15) is 28.8 Å². The normalized spacial score (nSPS) is 20.4. The first kappa shape index (κ1) is 65.8. The fraction of sp³-hybridized carbons (Fsp3) is 0.545. The summed E-state index contributed by atoms with van der Waals surface area (Å²) in [4.78, 5) is 73.2. The zero-order valence-corrected chi connectivity index (χ0v) is 50.0. The van der Waals surface area contributed by atoms with E-state index in [0.29, 0.717) is 6.61 Å². The first-order chi connectivity index (χ1) is 38.1. The highest BCUT2D eigenvalue weighted by atomic mass is 16.5. The Balaban J connectivity index is 0.000000259. The molecule has 14 heteroatoms. The molecule has 3 aliphatic rings. The first-order valence-corrected chi connectivity index (χ1v) is 29.4. The van der Waals surface area contributed by atoms with Gasteiger partial charge in [0.25, 0.3) is 0 Å². The van der Waals surface area contributed by atoms with Crippen LogP contribution < -0.4 is 41.4 Å². The molecule has 3 saturated carbocycles. The van der Waals surface area contributed by atoms with Gasteiger partial charge in [0.1, 0.15) is 11.5 Å². The molecule has 0 spiro atoms. The van der Waals surface area contributed by atoms with Gasteiger partial charge in [-0.3, -0.25) is 28.8 Å². The molecule has 0 radical (unpaired) electrons. The summed E-state index contributed by atoms with van der Waals surface area (Å²) in [7, 11) is 1.63. The number of amides is 6. The van der Waals surface area contributed by atoms with Gasteiger partial charge in [0.2, 0.25) is 35.4 Å². The highest BCUT2D eigenvalue weighted by Crippen LogP contribution is 2.27. The van der Waals surface area contributed by atoms with E-state index in [2.05, 4.69) is 31.9 Å². The molecule has 6 N–H and O–H groups in total. The van der Waals surface area contributed by atoms with E-state index in [0.717, 1.165) is 125 Å². The van der Waals surface area contributed by atoms with Gasteiger partial charge in [-0.25, -0.2) is 0 Å². The molecule has 0 bridgehead atoms. The number of rotatable bonds is 21. The minimum Gasteiger partial charge on any atom is -0.497 e. The van der Waals surface area contributed by atoms with E-state index in [4.69, 9.17) is 9.47 Å². The van der Waals surface area contributed by atoms with E-state index < -0.39 is 0 Å². The summed E-state index contributed by atoms with van der Waals surface area (Å²) in [5.74, 6) is 1.80. The van der Waals surface area contributed by atoms with Crippen LogP contribution in [0.1, 0.15) is 182 Å². The van der Waals surface area contributed by atoms with Gasteiger partial charge in [-0.2, -0.15) is 0 Å². The maximum Gasteiger partial charge on any atom is 0.244 e. The number of nitrogens with one attached hydrogen (secondary N) is 6. The Morgan fingerprint density at radius 1 is 0.400 bits per heavy atom. The summed E-state index contributed by atoms with van der Waals surface area (Å²) in [6.45, 7) is 20.6. The third-order valence-electron chi connectivity index (χ3n) is 16.1. The van der Waals surface area contributed by atoms with E-state index >= 15 is 0 Å². The van der Waals surface area contributed by atoms with Crippen molar-refractivity contribution in [3.05, 3.63) is 114 Å². The molecule has 3 aliphatic carbocycles. The fourth-order valence-electron chi connectivity index (χ4n) is 9.15. The minimum atomic E-state index is -0.323. The zero-order chi connectivity index (χ0) is 58.7. The number of carbonyl (C=O) groups is 6. The molecular formula is C66H96N6O8. The van der Waals surface area contributed by atoms with E-state index in [1.165, 1.54) is 0 Å². The number of benzene rings is 3. The molecule has 3 fully saturated rings. The van der Waals surface area contributed by atoms with Crippen LogP contribution in [0.25, 0.3) is 18.2 Å². The van der Waals surface area contributed by atoms with Crippen LogP contribution in [-0.4, -0.2) is 85.4 Å². The van der Waals surface area contributed by atoms with Gasteiger partial charge in [0.15, 0.2) is 0 Å². The largest absolute Gasteiger partial charge is 0.497 e. The van der Waals surface area contributed by atoms with Crippen molar-refractivity contribution in [2.24, 2.45) is 16.2 Å². The van der Waals surface area contributed by atoms with Gasteiger partial charge in [-0.1, -0.05) is 117 Å². The fourth-order valence-corrected chi connectivity index (χ4v) is 9.15. The lowest BCUT2D eigenvalue weighted by Gasteiger charge is -2.32. The van der Waals surface area contributed by atoms with E-state index in [1.807, 2.05) is 160 Å². The summed E-state index contributed by atoms with van der Waals surface area (Å²) >= 11 is 0. The van der Waals surface area contributed by atoms with Gasteiger partial charge >= 0.3 is 0 Å². The van der Waals surface area contributed by atoms with Crippen LogP contribution in [0.3, 0.4) is 0 Å². The number of hydrogen-bond acceptors (Lipinski definition) is 8. The van der Waals surface area contributed by atoms with Crippen molar-refractivity contribution in [3.63, 3.8) is 0 Å². The molecule has 80 heavy (non-hydrogen) atoms. The second-order valence-corrected chi connectivity index (χ2v) is 23.5. The predicted octanol–water partition coefficient (Wildman–Crippen LogP) is 11.4. The van der Waals surface area contributed by atoms with Crippen LogP contribution >= 0.6 is 0 Å². The molecule has 14 nitrogen and oxygen atoms in total. The highest BCUT2D eigenvalue weighted by Gasteiger charge is 2.32. The Hall–Kier alpha value is -6.70. The standard InChI is InChI=1S/C23H34N2O3.C22H32N2O3.C21H30N2O2/c1-5-23(3,4)22(27)25-19-12-10-18(11-13-19)24-21(26)16-9-17-7-14-20(15-8-17)28-6-2;1-5-22(2,3)21(26)24-18-11-9-17(10-12-18)23-20(25)15-8-16-6-13-19(27-4)14-7-16;1-4-21(2,3)20(25)23-18-13-11-17(12-14-18)22-19(24)15-10-16-8-6-5-7-9-16/h7-9,14-16,18-19H,5-6,10-13H2,1-4H3,(H,24,26)(H,25,27);6-8,13-15,17-18H,5,9-12H2,1-4H3,(H,23,25)(H,24,26);5-10,15,17-18H,4,11-14H2,1-3H3,(H,22,24)(H,23,25)/b16-9+;15-8+;15-10+. The van der Waals surface area contributed by atoms with Crippen molar-refractivity contribution in [2.75, 3.05) is 13.7 Å². The maximum atomic E-state index is 12.3. The topological polar surface area (TPSA) is 193 Å². The van der Waals surface area contributed by atoms with Gasteiger partial charge in [-0.05, 0) is 162 Å². The maximum absolute atomic E-state index is 12.3.